The van der Waals surface area contributed by atoms with Gasteiger partial charge in [-0.25, -0.2) is 4.79 Å². The summed E-state index contributed by atoms with van der Waals surface area (Å²) in [6, 6.07) is 27.2. The summed E-state index contributed by atoms with van der Waals surface area (Å²) >= 11 is 0. The predicted molar refractivity (Wildman–Crippen MR) is 178 cm³/mol. The molecule has 0 spiro atoms. The maximum absolute atomic E-state index is 13.5. The van der Waals surface area contributed by atoms with Crippen LogP contribution >= 0.6 is 0 Å². The second kappa shape index (κ2) is 16.9. The topological polar surface area (TPSA) is 73.5 Å². The van der Waals surface area contributed by atoms with Gasteiger partial charge in [0.15, 0.2) is 0 Å². The summed E-state index contributed by atoms with van der Waals surface area (Å²) in [5.74, 6) is 0.559. The summed E-state index contributed by atoms with van der Waals surface area (Å²) < 4.78 is 0. The normalized spacial score (nSPS) is 14.2. The maximum Gasteiger partial charge on any atom is 0.319 e. The smallest absolute Gasteiger partial charge is 0.319 e. The quantitative estimate of drug-likeness (QED) is 0.168. The molecule has 1 saturated heterocycles. The average molecular weight is 583 g/mol. The van der Waals surface area contributed by atoms with Crippen molar-refractivity contribution in [2.45, 2.75) is 77.7 Å². The van der Waals surface area contributed by atoms with Gasteiger partial charge in [0.2, 0.25) is 0 Å². The Kier molecular flexibility index (Phi) is 12.7. The molecule has 6 nitrogen and oxygen atoms in total. The van der Waals surface area contributed by atoms with Crippen molar-refractivity contribution >= 4 is 17.6 Å². The molecule has 4 rings (SSSR count). The third-order valence-electron chi connectivity index (χ3n) is 8.57. The second-order valence-electron chi connectivity index (χ2n) is 12.2. The Hall–Kier alpha value is -3.64. The molecule has 3 aromatic carbocycles. The van der Waals surface area contributed by atoms with Crippen molar-refractivity contribution in [3.05, 3.63) is 101 Å². The van der Waals surface area contributed by atoms with E-state index in [1.165, 1.54) is 30.4 Å². The highest BCUT2D eigenvalue weighted by atomic mass is 16.2. The summed E-state index contributed by atoms with van der Waals surface area (Å²) in [6.45, 7) is 9.63. The standard InChI is InChI=1S/C37H50N4O2/c1-4-5-6-7-14-23-38-37(43)40-34-20-19-32(28(2)3)26-33(34)36(42)39-27-29-21-24-41(25-22-29)35(30-15-10-8-11-16-30)31-17-12-9-13-18-31/h8-13,15-20,26,28-29,35H,4-7,14,21-25,27H2,1-3H3,(H,39,42)(H2,38,40,43). The van der Waals surface area contributed by atoms with Gasteiger partial charge >= 0.3 is 6.03 Å². The highest BCUT2D eigenvalue weighted by Crippen LogP contribution is 2.32. The number of urea groups is 1. The van der Waals surface area contributed by atoms with E-state index in [-0.39, 0.29) is 23.9 Å². The third-order valence-corrected chi connectivity index (χ3v) is 8.57. The fourth-order valence-corrected chi connectivity index (χ4v) is 5.95. The Bertz CT molecular complexity index is 1230. The van der Waals surface area contributed by atoms with Gasteiger partial charge in [-0.3, -0.25) is 9.69 Å². The molecule has 3 N–H and O–H groups in total. The number of piperidine rings is 1. The molecule has 230 valence electrons. The number of amides is 3. The van der Waals surface area contributed by atoms with Crippen molar-refractivity contribution in [2.75, 3.05) is 31.5 Å². The zero-order valence-corrected chi connectivity index (χ0v) is 26.3. The highest BCUT2D eigenvalue weighted by molar-refractivity contribution is 6.03. The van der Waals surface area contributed by atoms with Crippen LogP contribution in [0.2, 0.25) is 0 Å². The molecule has 1 aliphatic heterocycles. The van der Waals surface area contributed by atoms with Crippen molar-refractivity contribution in [2.24, 2.45) is 5.92 Å². The minimum absolute atomic E-state index is 0.133. The number of rotatable bonds is 14. The summed E-state index contributed by atoms with van der Waals surface area (Å²) in [5, 5.41) is 9.07. The van der Waals surface area contributed by atoms with E-state index >= 15 is 0 Å². The first-order valence-corrected chi connectivity index (χ1v) is 16.3. The number of carbonyl (C=O) groups is 2. The first-order chi connectivity index (χ1) is 21.0. The predicted octanol–water partition coefficient (Wildman–Crippen LogP) is 8.13. The van der Waals surface area contributed by atoms with Gasteiger partial charge in [0.05, 0.1) is 17.3 Å². The lowest BCUT2D eigenvalue weighted by atomic mass is 9.91. The van der Waals surface area contributed by atoms with Gasteiger partial charge < -0.3 is 16.0 Å². The molecule has 0 saturated carbocycles. The first kappa shape index (κ1) is 32.3. The maximum atomic E-state index is 13.5. The Balaban J connectivity index is 1.33. The van der Waals surface area contributed by atoms with E-state index in [9.17, 15) is 9.59 Å². The highest BCUT2D eigenvalue weighted by Gasteiger charge is 2.28. The number of hydrogen-bond donors (Lipinski definition) is 3. The van der Waals surface area contributed by atoms with Crippen molar-refractivity contribution in [3.8, 4) is 0 Å². The van der Waals surface area contributed by atoms with E-state index in [2.05, 4.69) is 102 Å². The van der Waals surface area contributed by atoms with Gasteiger partial charge in [0, 0.05) is 13.1 Å². The van der Waals surface area contributed by atoms with Crippen LogP contribution in [0.1, 0.15) is 105 Å². The molecule has 1 heterocycles. The number of likely N-dealkylation sites (tertiary alicyclic amines) is 1. The minimum atomic E-state index is -0.263. The summed E-state index contributed by atoms with van der Waals surface area (Å²) in [4.78, 5) is 28.7. The molecular weight excluding hydrogens is 532 g/mol. The van der Waals surface area contributed by atoms with Crippen molar-refractivity contribution < 1.29 is 9.59 Å². The van der Waals surface area contributed by atoms with Crippen molar-refractivity contribution in [1.82, 2.24) is 15.5 Å². The van der Waals surface area contributed by atoms with Crippen LogP contribution in [0.3, 0.4) is 0 Å². The SMILES string of the molecule is CCCCCCCNC(=O)Nc1ccc(C(C)C)cc1C(=O)NCC1CCN(C(c2ccccc2)c2ccccc2)CC1. The van der Waals surface area contributed by atoms with Crippen LogP contribution in [0.15, 0.2) is 78.9 Å². The van der Waals surface area contributed by atoms with Crippen LogP contribution in [-0.2, 0) is 0 Å². The second-order valence-corrected chi connectivity index (χ2v) is 12.2. The van der Waals surface area contributed by atoms with E-state index in [0.29, 0.717) is 30.3 Å². The van der Waals surface area contributed by atoms with Crippen LogP contribution in [0.25, 0.3) is 0 Å². The van der Waals surface area contributed by atoms with Gasteiger partial charge in [-0.1, -0.05) is 113 Å². The van der Waals surface area contributed by atoms with E-state index < -0.39 is 0 Å². The third kappa shape index (κ3) is 9.69. The number of nitrogens with one attached hydrogen (secondary N) is 3. The van der Waals surface area contributed by atoms with Gasteiger partial charge in [0.1, 0.15) is 0 Å². The first-order valence-electron chi connectivity index (χ1n) is 16.3. The fourth-order valence-electron chi connectivity index (χ4n) is 5.95. The van der Waals surface area contributed by atoms with Crippen LogP contribution < -0.4 is 16.0 Å². The molecule has 0 atom stereocenters. The molecular formula is C37H50N4O2. The fraction of sp³-hybridized carbons (Fsp3) is 0.459. The lowest BCUT2D eigenvalue weighted by Crippen LogP contribution is -2.40. The van der Waals surface area contributed by atoms with Gasteiger partial charge in [0.25, 0.3) is 5.91 Å². The number of benzene rings is 3. The minimum Gasteiger partial charge on any atom is -0.352 e. The van der Waals surface area contributed by atoms with Crippen LogP contribution in [0.5, 0.6) is 0 Å². The van der Waals surface area contributed by atoms with E-state index in [4.69, 9.17) is 0 Å². The Morgan fingerprint density at radius 2 is 1.42 bits per heavy atom. The number of unbranched alkanes of at least 4 members (excludes halogenated alkanes) is 4. The number of hydrogen-bond acceptors (Lipinski definition) is 3. The molecule has 0 aromatic heterocycles. The molecule has 0 unspecified atom stereocenters. The van der Waals surface area contributed by atoms with Crippen LogP contribution in [-0.4, -0.2) is 43.0 Å². The van der Waals surface area contributed by atoms with Gasteiger partial charge in [-0.05, 0) is 73.0 Å². The molecule has 0 aliphatic carbocycles. The average Bonchev–Trinajstić information content (AvgIpc) is 3.03. The molecule has 1 fully saturated rings. The number of anilines is 1. The van der Waals surface area contributed by atoms with Crippen molar-refractivity contribution in [1.29, 1.82) is 0 Å². The van der Waals surface area contributed by atoms with E-state index in [1.54, 1.807) is 0 Å². The lowest BCUT2D eigenvalue weighted by molar-refractivity contribution is 0.0931. The van der Waals surface area contributed by atoms with Crippen LogP contribution in [0.4, 0.5) is 10.5 Å². The molecule has 3 amide bonds. The Morgan fingerprint density at radius 3 is 2.02 bits per heavy atom. The monoisotopic (exact) mass is 582 g/mol. The zero-order valence-electron chi connectivity index (χ0n) is 26.3. The molecule has 6 heteroatoms. The largest absolute Gasteiger partial charge is 0.352 e. The number of nitrogens with zero attached hydrogens (tertiary/aromatic N) is 1. The van der Waals surface area contributed by atoms with Crippen LogP contribution in [0, 0.1) is 5.92 Å². The van der Waals surface area contributed by atoms with E-state index in [0.717, 1.165) is 44.3 Å². The zero-order chi connectivity index (χ0) is 30.4. The molecule has 1 aliphatic rings. The molecule has 0 bridgehead atoms. The van der Waals surface area contributed by atoms with Crippen molar-refractivity contribution in [3.63, 3.8) is 0 Å². The Morgan fingerprint density at radius 1 is 0.791 bits per heavy atom. The summed E-state index contributed by atoms with van der Waals surface area (Å²) in [7, 11) is 0. The van der Waals surface area contributed by atoms with Gasteiger partial charge in [-0.2, -0.15) is 0 Å². The number of carbonyl (C=O) groups excluding carboxylic acids is 2. The summed E-state index contributed by atoms with van der Waals surface area (Å²) in [5.41, 5.74) is 4.77. The molecule has 43 heavy (non-hydrogen) atoms. The van der Waals surface area contributed by atoms with E-state index in [1.807, 2.05) is 18.2 Å². The lowest BCUT2D eigenvalue weighted by Gasteiger charge is -2.38. The summed E-state index contributed by atoms with van der Waals surface area (Å²) in [6.07, 6.45) is 7.75. The van der Waals surface area contributed by atoms with Gasteiger partial charge in [-0.15, -0.1) is 0 Å². The molecule has 3 aromatic rings. The molecule has 0 radical (unpaired) electrons. The Labute approximate surface area is 258 Å².